The monoisotopic (exact) mass is 287 g/mol. The van der Waals surface area contributed by atoms with Crippen LogP contribution in [0.4, 0.5) is 4.79 Å². The van der Waals surface area contributed by atoms with Crippen molar-refractivity contribution in [3.63, 3.8) is 0 Å². The maximum atomic E-state index is 11.8. The van der Waals surface area contributed by atoms with Crippen LogP contribution in [0.15, 0.2) is 0 Å². The smallest absolute Gasteiger partial charge is 0.326 e. The van der Waals surface area contributed by atoms with Crippen LogP contribution in [0, 0.1) is 0 Å². The number of carboxylic acids is 2. The standard InChI is InChI=1S/C11H17N3O6/c1-13-4-5-14(6-8(13)15)11(20)12-7(10(18)19)2-3-9(16)17/h7H,2-6H2,1H3,(H,12,20)(H,16,17)(H,18,19)/t7-/m0/s1. The number of amides is 3. The van der Waals surface area contributed by atoms with Crippen LogP contribution in [0.25, 0.3) is 0 Å². The van der Waals surface area contributed by atoms with Crippen molar-refractivity contribution in [2.24, 2.45) is 0 Å². The number of likely N-dealkylation sites (N-methyl/N-ethyl adjacent to an activating group) is 1. The van der Waals surface area contributed by atoms with Gasteiger partial charge in [0.15, 0.2) is 0 Å². The first kappa shape index (κ1) is 15.7. The molecular formula is C11H17N3O6. The molecule has 1 saturated heterocycles. The molecule has 112 valence electrons. The van der Waals surface area contributed by atoms with Crippen LogP contribution in [0.1, 0.15) is 12.8 Å². The van der Waals surface area contributed by atoms with Gasteiger partial charge in [-0.25, -0.2) is 9.59 Å². The van der Waals surface area contributed by atoms with Crippen LogP contribution in [0.5, 0.6) is 0 Å². The van der Waals surface area contributed by atoms with Crippen molar-refractivity contribution in [1.82, 2.24) is 15.1 Å². The van der Waals surface area contributed by atoms with E-state index in [0.717, 1.165) is 0 Å². The van der Waals surface area contributed by atoms with E-state index in [1.807, 2.05) is 0 Å². The van der Waals surface area contributed by atoms with Crippen molar-refractivity contribution >= 4 is 23.9 Å². The van der Waals surface area contributed by atoms with E-state index in [1.54, 1.807) is 7.05 Å². The van der Waals surface area contributed by atoms with Crippen molar-refractivity contribution < 1.29 is 29.4 Å². The highest BCUT2D eigenvalue weighted by Gasteiger charge is 2.28. The van der Waals surface area contributed by atoms with E-state index in [4.69, 9.17) is 10.2 Å². The number of piperazine rings is 1. The highest BCUT2D eigenvalue weighted by atomic mass is 16.4. The summed E-state index contributed by atoms with van der Waals surface area (Å²) < 4.78 is 0. The van der Waals surface area contributed by atoms with E-state index in [2.05, 4.69) is 5.32 Å². The number of carboxylic acid groups (broad SMARTS) is 2. The Morgan fingerprint density at radius 1 is 1.30 bits per heavy atom. The van der Waals surface area contributed by atoms with Crippen molar-refractivity contribution in [2.75, 3.05) is 26.7 Å². The quantitative estimate of drug-likeness (QED) is 0.582. The van der Waals surface area contributed by atoms with Crippen LogP contribution in [-0.2, 0) is 14.4 Å². The summed E-state index contributed by atoms with van der Waals surface area (Å²) in [4.78, 5) is 47.4. The summed E-state index contributed by atoms with van der Waals surface area (Å²) in [6.07, 6.45) is -0.572. The second kappa shape index (κ2) is 6.73. The summed E-state index contributed by atoms with van der Waals surface area (Å²) >= 11 is 0. The molecule has 1 fully saturated rings. The molecule has 1 atom stereocenters. The SMILES string of the molecule is CN1CCN(C(=O)N[C@@H](CCC(=O)O)C(=O)O)CC1=O. The first-order valence-electron chi connectivity index (χ1n) is 6.05. The van der Waals surface area contributed by atoms with E-state index < -0.39 is 24.0 Å². The van der Waals surface area contributed by atoms with Crippen LogP contribution >= 0.6 is 0 Å². The van der Waals surface area contributed by atoms with Crippen LogP contribution < -0.4 is 5.32 Å². The maximum absolute atomic E-state index is 11.8. The van der Waals surface area contributed by atoms with Gasteiger partial charge < -0.3 is 25.3 Å². The average molecular weight is 287 g/mol. The zero-order chi connectivity index (χ0) is 15.3. The fourth-order valence-corrected chi connectivity index (χ4v) is 1.70. The molecule has 1 rings (SSSR count). The third-order valence-corrected chi connectivity index (χ3v) is 2.99. The van der Waals surface area contributed by atoms with Gasteiger partial charge in [0.05, 0.1) is 0 Å². The van der Waals surface area contributed by atoms with Crippen molar-refractivity contribution in [1.29, 1.82) is 0 Å². The largest absolute Gasteiger partial charge is 0.481 e. The summed E-state index contributed by atoms with van der Waals surface area (Å²) in [5.74, 6) is -2.68. The molecule has 0 saturated carbocycles. The third-order valence-electron chi connectivity index (χ3n) is 2.99. The van der Waals surface area contributed by atoms with E-state index >= 15 is 0 Å². The summed E-state index contributed by atoms with van der Waals surface area (Å²) in [6, 6.07) is -1.96. The van der Waals surface area contributed by atoms with Gasteiger partial charge in [-0.05, 0) is 6.42 Å². The molecular weight excluding hydrogens is 270 g/mol. The molecule has 9 heteroatoms. The van der Waals surface area contributed by atoms with E-state index in [0.29, 0.717) is 13.1 Å². The van der Waals surface area contributed by atoms with Gasteiger partial charge in [0, 0.05) is 26.6 Å². The minimum atomic E-state index is -1.31. The van der Waals surface area contributed by atoms with Crippen LogP contribution in [0.3, 0.4) is 0 Å². The van der Waals surface area contributed by atoms with Gasteiger partial charge in [0.2, 0.25) is 5.91 Å². The fraction of sp³-hybridized carbons (Fsp3) is 0.636. The molecule has 9 nitrogen and oxygen atoms in total. The molecule has 0 bridgehead atoms. The summed E-state index contributed by atoms with van der Waals surface area (Å²) in [5, 5.41) is 19.7. The Hall–Kier alpha value is -2.32. The molecule has 0 spiro atoms. The second-order valence-corrected chi connectivity index (χ2v) is 4.51. The predicted molar refractivity (Wildman–Crippen MR) is 66.0 cm³/mol. The number of carbonyl (C=O) groups is 4. The number of rotatable bonds is 5. The van der Waals surface area contributed by atoms with Gasteiger partial charge in [0.1, 0.15) is 12.6 Å². The Morgan fingerprint density at radius 3 is 2.45 bits per heavy atom. The lowest BCUT2D eigenvalue weighted by atomic mass is 10.1. The normalized spacial score (nSPS) is 16.8. The minimum absolute atomic E-state index is 0.117. The molecule has 1 aliphatic heterocycles. The van der Waals surface area contributed by atoms with Gasteiger partial charge in [-0.2, -0.15) is 0 Å². The number of urea groups is 1. The molecule has 20 heavy (non-hydrogen) atoms. The Bertz CT molecular complexity index is 424. The molecule has 1 aliphatic rings. The molecule has 0 aliphatic carbocycles. The molecule has 0 aromatic rings. The van der Waals surface area contributed by atoms with Gasteiger partial charge in [0.25, 0.3) is 0 Å². The molecule has 0 aromatic heterocycles. The van der Waals surface area contributed by atoms with Gasteiger partial charge in [-0.3, -0.25) is 9.59 Å². The lowest BCUT2D eigenvalue weighted by molar-refractivity contribution is -0.140. The molecule has 0 radical (unpaired) electrons. The fourth-order valence-electron chi connectivity index (χ4n) is 1.70. The Labute approximate surface area is 115 Å². The summed E-state index contributed by atoms with van der Waals surface area (Å²) in [5.41, 5.74) is 0. The summed E-state index contributed by atoms with van der Waals surface area (Å²) in [7, 11) is 1.62. The van der Waals surface area contributed by atoms with Crippen molar-refractivity contribution in [2.45, 2.75) is 18.9 Å². The third kappa shape index (κ3) is 4.41. The number of carbonyl (C=O) groups excluding carboxylic acids is 2. The zero-order valence-corrected chi connectivity index (χ0v) is 11.0. The van der Waals surface area contributed by atoms with Crippen molar-refractivity contribution in [3.05, 3.63) is 0 Å². The van der Waals surface area contributed by atoms with E-state index in [-0.39, 0.29) is 25.3 Å². The lowest BCUT2D eigenvalue weighted by Gasteiger charge is -2.32. The summed E-state index contributed by atoms with van der Waals surface area (Å²) in [6.45, 7) is 0.562. The maximum Gasteiger partial charge on any atom is 0.326 e. The molecule has 1 heterocycles. The molecule has 3 amide bonds. The predicted octanol–water partition coefficient (Wildman–Crippen LogP) is -1.21. The Balaban J connectivity index is 2.55. The number of nitrogens with one attached hydrogen (secondary N) is 1. The first-order chi connectivity index (χ1) is 9.31. The van der Waals surface area contributed by atoms with Gasteiger partial charge in [-0.15, -0.1) is 0 Å². The van der Waals surface area contributed by atoms with Crippen molar-refractivity contribution in [3.8, 4) is 0 Å². The number of hydrogen-bond acceptors (Lipinski definition) is 4. The second-order valence-electron chi connectivity index (χ2n) is 4.51. The highest BCUT2D eigenvalue weighted by Crippen LogP contribution is 2.04. The van der Waals surface area contributed by atoms with E-state index in [9.17, 15) is 19.2 Å². The first-order valence-corrected chi connectivity index (χ1v) is 6.05. The molecule has 0 unspecified atom stereocenters. The lowest BCUT2D eigenvalue weighted by Crippen LogP contribution is -2.55. The average Bonchev–Trinajstić information content (AvgIpc) is 2.36. The number of nitrogens with zero attached hydrogens (tertiary/aromatic N) is 2. The molecule has 3 N–H and O–H groups in total. The van der Waals surface area contributed by atoms with Crippen LogP contribution in [0.2, 0.25) is 0 Å². The van der Waals surface area contributed by atoms with Crippen LogP contribution in [-0.4, -0.2) is 76.6 Å². The van der Waals surface area contributed by atoms with E-state index in [1.165, 1.54) is 9.80 Å². The van der Waals surface area contributed by atoms with Gasteiger partial charge in [-0.1, -0.05) is 0 Å². The Kier molecular flexibility index (Phi) is 5.30. The van der Waals surface area contributed by atoms with Gasteiger partial charge >= 0.3 is 18.0 Å². The minimum Gasteiger partial charge on any atom is -0.481 e. The number of aliphatic carboxylic acids is 2. The highest BCUT2D eigenvalue weighted by molar-refractivity contribution is 5.87. The Morgan fingerprint density at radius 2 is 1.95 bits per heavy atom. The zero-order valence-electron chi connectivity index (χ0n) is 11.0. The topological polar surface area (TPSA) is 127 Å². The molecule has 0 aromatic carbocycles. The number of hydrogen-bond donors (Lipinski definition) is 3.